The maximum absolute atomic E-state index is 12.8. The first-order chi connectivity index (χ1) is 11.2. The number of rotatable bonds is 4. The van der Waals surface area contributed by atoms with E-state index in [2.05, 4.69) is 10.0 Å². The van der Waals surface area contributed by atoms with E-state index in [1.807, 2.05) is 0 Å². The molecule has 0 spiro atoms. The minimum atomic E-state index is -1.94. The lowest BCUT2D eigenvalue weighted by atomic mass is 9.95. The van der Waals surface area contributed by atoms with Gasteiger partial charge < -0.3 is 14.2 Å². The van der Waals surface area contributed by atoms with Gasteiger partial charge in [0.15, 0.2) is 17.3 Å². The van der Waals surface area contributed by atoms with Crippen molar-refractivity contribution in [3.63, 3.8) is 0 Å². The van der Waals surface area contributed by atoms with Crippen molar-refractivity contribution in [1.29, 1.82) is 0 Å². The molecule has 1 aromatic rings. The molecule has 1 aliphatic carbocycles. The van der Waals surface area contributed by atoms with Gasteiger partial charge in [0, 0.05) is 16.9 Å². The van der Waals surface area contributed by atoms with E-state index in [4.69, 9.17) is 19.7 Å². The van der Waals surface area contributed by atoms with Gasteiger partial charge in [0.25, 0.3) is 0 Å². The van der Waals surface area contributed by atoms with Crippen molar-refractivity contribution >= 4 is 11.8 Å². The summed E-state index contributed by atoms with van der Waals surface area (Å²) in [4.78, 5) is 28.1. The molecule has 0 saturated carbocycles. The molecule has 8 heteroatoms. The molecule has 0 aromatic heterocycles. The van der Waals surface area contributed by atoms with Crippen LogP contribution in [0.5, 0.6) is 11.5 Å². The Morgan fingerprint density at radius 2 is 1.83 bits per heavy atom. The van der Waals surface area contributed by atoms with Gasteiger partial charge in [-0.3, -0.25) is 9.59 Å². The van der Waals surface area contributed by atoms with Crippen molar-refractivity contribution in [2.24, 2.45) is 5.11 Å². The first-order valence-electron chi connectivity index (χ1n) is 7.28. The minimum Gasteiger partial charge on any atom is -0.493 e. The van der Waals surface area contributed by atoms with Crippen LogP contribution in [-0.4, -0.2) is 37.1 Å². The molecular formula is C16H19N3O5. The van der Waals surface area contributed by atoms with Crippen LogP contribution >= 0.6 is 0 Å². The van der Waals surface area contributed by atoms with E-state index in [1.54, 1.807) is 26.8 Å². The van der Waals surface area contributed by atoms with Gasteiger partial charge in [-0.05, 0) is 44.0 Å². The normalized spacial score (nSPS) is 19.3. The molecule has 0 saturated heterocycles. The summed E-state index contributed by atoms with van der Waals surface area (Å²) in [6.45, 7) is 5.02. The Labute approximate surface area is 139 Å². The first kappa shape index (κ1) is 17.6. The largest absolute Gasteiger partial charge is 0.493 e. The molecule has 0 aliphatic heterocycles. The van der Waals surface area contributed by atoms with Gasteiger partial charge in [-0.15, -0.1) is 0 Å². The third kappa shape index (κ3) is 2.88. The number of nitrogens with zero attached hydrogens (tertiary/aromatic N) is 3. The van der Waals surface area contributed by atoms with E-state index in [0.29, 0.717) is 17.1 Å². The second-order valence-corrected chi connectivity index (χ2v) is 6.42. The van der Waals surface area contributed by atoms with Crippen LogP contribution in [0, 0.1) is 0 Å². The lowest BCUT2D eigenvalue weighted by Gasteiger charge is -2.26. The maximum Gasteiger partial charge on any atom is 0.326 e. The van der Waals surface area contributed by atoms with Gasteiger partial charge in [0.2, 0.25) is 5.54 Å². The van der Waals surface area contributed by atoms with E-state index in [-0.39, 0.29) is 12.0 Å². The van der Waals surface area contributed by atoms with Gasteiger partial charge in [0.05, 0.1) is 14.2 Å². The number of carbonyl (C=O) groups excluding carboxylic acids is 2. The number of benzene rings is 1. The van der Waals surface area contributed by atoms with Crippen LogP contribution in [0.2, 0.25) is 0 Å². The molecule has 8 nitrogen and oxygen atoms in total. The third-order valence-corrected chi connectivity index (χ3v) is 3.63. The molecule has 24 heavy (non-hydrogen) atoms. The number of fused-ring (bicyclic) bond motifs is 1. The highest BCUT2D eigenvalue weighted by molar-refractivity contribution is 6.20. The Kier molecular flexibility index (Phi) is 4.44. The molecule has 0 bridgehead atoms. The quantitative estimate of drug-likeness (QED) is 0.276. The number of hydrogen-bond acceptors (Lipinski definition) is 6. The Hall–Kier alpha value is -2.73. The number of ketones is 1. The molecule has 2 rings (SSSR count). The topological polar surface area (TPSA) is 111 Å². The van der Waals surface area contributed by atoms with Crippen LogP contribution in [0.15, 0.2) is 17.2 Å². The second kappa shape index (κ2) is 6.05. The highest BCUT2D eigenvalue weighted by Gasteiger charge is 2.54. The highest BCUT2D eigenvalue weighted by atomic mass is 16.6. The van der Waals surface area contributed by atoms with Gasteiger partial charge >= 0.3 is 5.97 Å². The van der Waals surface area contributed by atoms with Crippen LogP contribution < -0.4 is 9.47 Å². The van der Waals surface area contributed by atoms with Crippen LogP contribution in [-0.2, 0) is 16.0 Å². The zero-order chi connectivity index (χ0) is 18.1. The predicted molar refractivity (Wildman–Crippen MR) is 85.3 cm³/mol. The fourth-order valence-corrected chi connectivity index (χ4v) is 2.58. The Balaban J connectivity index is 2.55. The molecule has 0 amide bonds. The van der Waals surface area contributed by atoms with E-state index < -0.39 is 22.9 Å². The van der Waals surface area contributed by atoms with Gasteiger partial charge in [-0.1, -0.05) is 5.11 Å². The second-order valence-electron chi connectivity index (χ2n) is 6.42. The van der Waals surface area contributed by atoms with E-state index in [0.717, 1.165) is 0 Å². The van der Waals surface area contributed by atoms with Crippen molar-refractivity contribution in [1.82, 2.24) is 0 Å². The minimum absolute atomic E-state index is 0.0828. The highest BCUT2D eigenvalue weighted by Crippen LogP contribution is 2.41. The van der Waals surface area contributed by atoms with Gasteiger partial charge in [-0.25, -0.2) is 0 Å². The fourth-order valence-electron chi connectivity index (χ4n) is 2.58. The Morgan fingerprint density at radius 3 is 2.33 bits per heavy atom. The average molecular weight is 333 g/mol. The summed E-state index contributed by atoms with van der Waals surface area (Å²) in [5, 5.41) is 3.52. The maximum atomic E-state index is 12.8. The molecule has 0 fully saturated rings. The van der Waals surface area contributed by atoms with Gasteiger partial charge in [-0.2, -0.15) is 0 Å². The van der Waals surface area contributed by atoms with Crippen LogP contribution in [0.3, 0.4) is 0 Å². The van der Waals surface area contributed by atoms with E-state index in [9.17, 15) is 9.59 Å². The number of Topliss-reactive ketones (excluding diaryl/α,β-unsaturated/α-hetero) is 1. The third-order valence-electron chi connectivity index (χ3n) is 3.63. The SMILES string of the molecule is COc1cc2c(cc1OC)C(=O)C(N=[N+]=[N-])(C(=O)OC(C)(C)C)C2. The molecule has 1 aromatic carbocycles. The smallest absolute Gasteiger partial charge is 0.326 e. The number of azide groups is 1. The van der Waals surface area contributed by atoms with Crippen LogP contribution in [0.1, 0.15) is 36.7 Å². The predicted octanol–water partition coefficient (Wildman–Crippen LogP) is 2.83. The lowest BCUT2D eigenvalue weighted by molar-refractivity contribution is -0.159. The van der Waals surface area contributed by atoms with E-state index >= 15 is 0 Å². The fraction of sp³-hybridized carbons (Fsp3) is 0.500. The Bertz CT molecular complexity index is 747. The standard InChI is InChI=1S/C16H19N3O5/c1-15(2,3)24-14(21)16(18-19-17)8-9-6-11(22-4)12(23-5)7-10(9)13(16)20/h6-7H,8H2,1-5H3. The molecule has 0 heterocycles. The van der Waals surface area contributed by atoms with Gasteiger partial charge in [0.1, 0.15) is 5.60 Å². The molecule has 128 valence electrons. The van der Waals surface area contributed by atoms with Crippen molar-refractivity contribution < 1.29 is 23.8 Å². The number of ether oxygens (including phenoxy) is 3. The summed E-state index contributed by atoms with van der Waals surface area (Å²) < 4.78 is 15.7. The van der Waals surface area contributed by atoms with Crippen molar-refractivity contribution in [3.8, 4) is 11.5 Å². The van der Waals surface area contributed by atoms with Crippen LogP contribution in [0.25, 0.3) is 10.4 Å². The summed E-state index contributed by atoms with van der Waals surface area (Å²) in [6.07, 6.45) is -0.0828. The van der Waals surface area contributed by atoms with E-state index in [1.165, 1.54) is 20.3 Å². The van der Waals surface area contributed by atoms with Crippen molar-refractivity contribution in [2.45, 2.75) is 38.3 Å². The molecule has 0 radical (unpaired) electrons. The van der Waals surface area contributed by atoms with Crippen molar-refractivity contribution in [3.05, 3.63) is 33.7 Å². The zero-order valence-corrected chi connectivity index (χ0v) is 14.2. The average Bonchev–Trinajstić information content (AvgIpc) is 2.78. The summed E-state index contributed by atoms with van der Waals surface area (Å²) in [5.41, 5.74) is 6.92. The number of carbonyl (C=O) groups is 2. The number of esters is 1. The summed E-state index contributed by atoms with van der Waals surface area (Å²) in [7, 11) is 2.91. The number of hydrogen-bond donors (Lipinski definition) is 0. The molecular weight excluding hydrogens is 314 g/mol. The zero-order valence-electron chi connectivity index (χ0n) is 14.2. The molecule has 0 N–H and O–H groups in total. The van der Waals surface area contributed by atoms with Crippen LogP contribution in [0.4, 0.5) is 0 Å². The number of methoxy groups -OCH3 is 2. The molecule has 1 unspecified atom stereocenters. The first-order valence-corrected chi connectivity index (χ1v) is 7.28. The monoisotopic (exact) mass is 333 g/mol. The summed E-state index contributed by atoms with van der Waals surface area (Å²) in [6, 6.07) is 3.08. The summed E-state index contributed by atoms with van der Waals surface area (Å²) >= 11 is 0. The summed E-state index contributed by atoms with van der Waals surface area (Å²) in [5.74, 6) is -0.701. The van der Waals surface area contributed by atoms with Crippen molar-refractivity contribution in [2.75, 3.05) is 14.2 Å². The molecule has 1 atom stereocenters. The Morgan fingerprint density at radius 1 is 1.25 bits per heavy atom. The molecule has 1 aliphatic rings. The lowest BCUT2D eigenvalue weighted by Crippen LogP contribution is -2.46.